The number of carbonyl (C=O) groups excluding carboxylic acids is 1. The third-order valence-electron chi connectivity index (χ3n) is 1.98. The summed E-state index contributed by atoms with van der Waals surface area (Å²) < 4.78 is 14.0. The molecular formula is C10H9BrFNO3. The van der Waals surface area contributed by atoms with Crippen LogP contribution in [0.4, 0.5) is 4.39 Å². The molecule has 86 valence electrons. The van der Waals surface area contributed by atoms with Crippen LogP contribution in [0.2, 0.25) is 0 Å². The van der Waals surface area contributed by atoms with Crippen LogP contribution in [0.3, 0.4) is 0 Å². The number of amides is 1. The first kappa shape index (κ1) is 12.6. The molecule has 1 aromatic carbocycles. The second kappa shape index (κ2) is 5.60. The molecule has 6 heteroatoms. The maximum Gasteiger partial charge on any atom is 0.305 e. The summed E-state index contributed by atoms with van der Waals surface area (Å²) in [5.41, 5.74) is 0.142. The highest BCUT2D eigenvalue weighted by Crippen LogP contribution is 2.23. The van der Waals surface area contributed by atoms with Gasteiger partial charge in [0.05, 0.1) is 12.5 Å². The molecule has 0 aliphatic rings. The maximum atomic E-state index is 13.4. The second-order valence-corrected chi connectivity index (χ2v) is 4.02. The van der Waals surface area contributed by atoms with E-state index in [0.29, 0.717) is 10.9 Å². The smallest absolute Gasteiger partial charge is 0.305 e. The Balaban J connectivity index is 3.03. The molecule has 1 rings (SSSR count). The van der Waals surface area contributed by atoms with E-state index in [0.717, 1.165) is 0 Å². The summed E-state index contributed by atoms with van der Waals surface area (Å²) in [4.78, 5) is 20.9. The molecule has 0 bridgehead atoms. The van der Waals surface area contributed by atoms with Crippen molar-refractivity contribution in [3.8, 4) is 0 Å². The van der Waals surface area contributed by atoms with Crippen LogP contribution in [0.25, 0.3) is 0 Å². The van der Waals surface area contributed by atoms with Crippen LogP contribution in [0.5, 0.6) is 0 Å². The zero-order valence-corrected chi connectivity index (χ0v) is 9.70. The molecule has 1 amide bonds. The fourth-order valence-corrected chi connectivity index (χ4v) is 1.68. The van der Waals surface area contributed by atoms with Crippen LogP contribution in [-0.2, 0) is 9.59 Å². The molecule has 0 fully saturated rings. The summed E-state index contributed by atoms with van der Waals surface area (Å²) in [7, 11) is 0. The van der Waals surface area contributed by atoms with Crippen LogP contribution < -0.4 is 5.32 Å². The van der Waals surface area contributed by atoms with Crippen LogP contribution in [0.15, 0.2) is 22.7 Å². The van der Waals surface area contributed by atoms with Gasteiger partial charge in [-0.05, 0) is 18.2 Å². The Morgan fingerprint density at radius 3 is 2.88 bits per heavy atom. The van der Waals surface area contributed by atoms with E-state index in [2.05, 4.69) is 21.2 Å². The van der Waals surface area contributed by atoms with Gasteiger partial charge in [-0.15, -0.1) is 0 Å². The number of aliphatic carboxylic acids is 1. The molecular weight excluding hydrogens is 281 g/mol. The summed E-state index contributed by atoms with van der Waals surface area (Å²) in [6, 6.07) is 3.28. The van der Waals surface area contributed by atoms with E-state index in [-0.39, 0.29) is 12.0 Å². The van der Waals surface area contributed by atoms with Gasteiger partial charge in [-0.2, -0.15) is 0 Å². The lowest BCUT2D eigenvalue weighted by Gasteiger charge is -2.15. The highest BCUT2D eigenvalue weighted by Gasteiger charge is 2.18. The average molecular weight is 290 g/mol. The first-order valence-corrected chi connectivity index (χ1v) is 5.20. The molecule has 0 aliphatic heterocycles. The van der Waals surface area contributed by atoms with E-state index in [1.165, 1.54) is 18.2 Å². The van der Waals surface area contributed by atoms with E-state index in [4.69, 9.17) is 5.11 Å². The molecule has 0 aliphatic carbocycles. The molecule has 0 heterocycles. The molecule has 16 heavy (non-hydrogen) atoms. The summed E-state index contributed by atoms with van der Waals surface area (Å²) >= 11 is 3.15. The number of nitrogens with one attached hydrogen (secondary N) is 1. The Labute approximate surface area is 99.6 Å². The Bertz CT molecular complexity index is 411. The number of halogens is 2. The molecule has 1 atom stereocenters. The Morgan fingerprint density at radius 1 is 1.62 bits per heavy atom. The fraction of sp³-hybridized carbons (Fsp3) is 0.200. The van der Waals surface area contributed by atoms with Crippen molar-refractivity contribution in [2.24, 2.45) is 0 Å². The summed E-state index contributed by atoms with van der Waals surface area (Å²) in [5, 5.41) is 10.9. The van der Waals surface area contributed by atoms with Crippen LogP contribution in [0, 0.1) is 5.82 Å². The van der Waals surface area contributed by atoms with Crippen molar-refractivity contribution < 1.29 is 19.1 Å². The van der Waals surface area contributed by atoms with Gasteiger partial charge >= 0.3 is 5.97 Å². The fourth-order valence-electron chi connectivity index (χ4n) is 1.30. The average Bonchev–Trinajstić information content (AvgIpc) is 2.20. The largest absolute Gasteiger partial charge is 0.481 e. The van der Waals surface area contributed by atoms with E-state index < -0.39 is 17.8 Å². The normalized spacial score (nSPS) is 11.9. The van der Waals surface area contributed by atoms with Crippen molar-refractivity contribution in [3.63, 3.8) is 0 Å². The van der Waals surface area contributed by atoms with Crippen molar-refractivity contribution in [1.82, 2.24) is 5.32 Å². The van der Waals surface area contributed by atoms with Crippen molar-refractivity contribution in [3.05, 3.63) is 34.1 Å². The third kappa shape index (κ3) is 3.30. The van der Waals surface area contributed by atoms with Gasteiger partial charge in [-0.1, -0.05) is 15.9 Å². The van der Waals surface area contributed by atoms with E-state index in [1.807, 2.05) is 0 Å². The summed E-state index contributed by atoms with van der Waals surface area (Å²) in [6.45, 7) is 0. The van der Waals surface area contributed by atoms with Crippen molar-refractivity contribution in [2.75, 3.05) is 0 Å². The zero-order chi connectivity index (χ0) is 12.1. The predicted octanol–water partition coefficient (Wildman–Crippen LogP) is 1.85. The number of rotatable bonds is 5. The highest BCUT2D eigenvalue weighted by atomic mass is 79.9. The standard InChI is InChI=1S/C10H9BrFNO3/c11-6-1-2-8(12)7(3-6)9(13-5-14)4-10(15)16/h1-3,5,9H,4H2,(H,13,14)(H,15,16)/t9-/m0/s1. The Kier molecular flexibility index (Phi) is 4.42. The third-order valence-corrected chi connectivity index (χ3v) is 2.47. The molecule has 1 aromatic rings. The number of benzene rings is 1. The van der Waals surface area contributed by atoms with Crippen molar-refractivity contribution in [1.29, 1.82) is 0 Å². The SMILES string of the molecule is O=CN[C@@H](CC(=O)O)c1cc(Br)ccc1F. The monoisotopic (exact) mass is 289 g/mol. The van der Waals surface area contributed by atoms with Crippen LogP contribution >= 0.6 is 15.9 Å². The first-order valence-electron chi connectivity index (χ1n) is 4.41. The highest BCUT2D eigenvalue weighted by molar-refractivity contribution is 9.10. The van der Waals surface area contributed by atoms with Crippen molar-refractivity contribution in [2.45, 2.75) is 12.5 Å². The topological polar surface area (TPSA) is 66.4 Å². The maximum absolute atomic E-state index is 13.4. The van der Waals surface area contributed by atoms with Gasteiger partial charge in [0.1, 0.15) is 5.82 Å². The predicted molar refractivity (Wildman–Crippen MR) is 58.3 cm³/mol. The Hall–Kier alpha value is -1.43. The number of hydrogen-bond donors (Lipinski definition) is 2. The molecule has 2 N–H and O–H groups in total. The van der Waals surface area contributed by atoms with E-state index in [9.17, 15) is 14.0 Å². The van der Waals surface area contributed by atoms with Crippen LogP contribution in [0.1, 0.15) is 18.0 Å². The first-order chi connectivity index (χ1) is 7.54. The van der Waals surface area contributed by atoms with E-state index >= 15 is 0 Å². The van der Waals surface area contributed by atoms with Gasteiger partial charge in [0.2, 0.25) is 6.41 Å². The molecule has 0 aromatic heterocycles. The molecule has 4 nitrogen and oxygen atoms in total. The minimum absolute atomic E-state index is 0.142. The van der Waals surface area contributed by atoms with Crippen LogP contribution in [-0.4, -0.2) is 17.5 Å². The minimum atomic E-state index is -1.11. The molecule has 0 radical (unpaired) electrons. The van der Waals surface area contributed by atoms with E-state index in [1.54, 1.807) is 0 Å². The second-order valence-electron chi connectivity index (χ2n) is 3.10. The lowest BCUT2D eigenvalue weighted by molar-refractivity contribution is -0.137. The number of carbonyl (C=O) groups is 2. The molecule has 0 saturated carbocycles. The van der Waals surface area contributed by atoms with Gasteiger partial charge in [0, 0.05) is 10.0 Å². The number of carboxylic acid groups (broad SMARTS) is 1. The minimum Gasteiger partial charge on any atom is -0.481 e. The lowest BCUT2D eigenvalue weighted by Crippen LogP contribution is -2.23. The van der Waals surface area contributed by atoms with Gasteiger partial charge < -0.3 is 10.4 Å². The van der Waals surface area contributed by atoms with Gasteiger partial charge in [-0.25, -0.2) is 4.39 Å². The molecule has 0 unspecified atom stereocenters. The molecule has 0 spiro atoms. The van der Waals surface area contributed by atoms with Crippen molar-refractivity contribution >= 4 is 28.3 Å². The summed E-state index contributed by atoms with van der Waals surface area (Å²) in [5.74, 6) is -1.66. The number of carboxylic acids is 1. The zero-order valence-electron chi connectivity index (χ0n) is 8.11. The quantitative estimate of drug-likeness (QED) is 0.813. The number of hydrogen-bond acceptors (Lipinski definition) is 2. The Morgan fingerprint density at radius 2 is 2.31 bits per heavy atom. The van der Waals surface area contributed by atoms with Gasteiger partial charge in [-0.3, -0.25) is 9.59 Å². The lowest BCUT2D eigenvalue weighted by atomic mass is 10.0. The van der Waals surface area contributed by atoms with Gasteiger partial charge in [0.25, 0.3) is 0 Å². The molecule has 0 saturated heterocycles. The van der Waals surface area contributed by atoms with Gasteiger partial charge in [0.15, 0.2) is 0 Å². The summed E-state index contributed by atoms with van der Waals surface area (Å²) in [6.07, 6.45) is -0.0138.